The van der Waals surface area contributed by atoms with E-state index >= 15 is 0 Å². The fourth-order valence-corrected chi connectivity index (χ4v) is 1.22. The molecule has 0 amide bonds. The molecule has 0 radical (unpaired) electrons. The molecule has 0 spiro atoms. The SMILES string of the molecule is OCc1cc(-c2ccc(O)cc2F)on1. The van der Waals surface area contributed by atoms with E-state index < -0.39 is 5.82 Å². The summed E-state index contributed by atoms with van der Waals surface area (Å²) in [5.74, 6) is -0.537. The van der Waals surface area contributed by atoms with E-state index in [9.17, 15) is 4.39 Å². The lowest BCUT2D eigenvalue weighted by Crippen LogP contribution is -1.81. The van der Waals surface area contributed by atoms with Crippen LogP contribution < -0.4 is 0 Å². The van der Waals surface area contributed by atoms with E-state index in [4.69, 9.17) is 14.7 Å². The summed E-state index contributed by atoms with van der Waals surface area (Å²) < 4.78 is 18.2. The van der Waals surface area contributed by atoms with Crippen molar-refractivity contribution in [3.8, 4) is 17.1 Å². The van der Waals surface area contributed by atoms with Crippen molar-refractivity contribution in [2.24, 2.45) is 0 Å². The lowest BCUT2D eigenvalue weighted by molar-refractivity contribution is 0.267. The molecule has 15 heavy (non-hydrogen) atoms. The van der Waals surface area contributed by atoms with Crippen molar-refractivity contribution in [2.45, 2.75) is 6.61 Å². The van der Waals surface area contributed by atoms with Crippen LogP contribution in [0.2, 0.25) is 0 Å². The minimum Gasteiger partial charge on any atom is -0.508 e. The van der Waals surface area contributed by atoms with E-state index in [1.807, 2.05) is 0 Å². The van der Waals surface area contributed by atoms with Crippen LogP contribution in [0.25, 0.3) is 11.3 Å². The van der Waals surface area contributed by atoms with Crippen LogP contribution >= 0.6 is 0 Å². The first-order valence-electron chi connectivity index (χ1n) is 4.26. The Bertz CT molecular complexity index is 481. The predicted octanol–water partition coefficient (Wildman–Crippen LogP) is 1.68. The molecule has 0 unspecified atom stereocenters. The predicted molar refractivity (Wildman–Crippen MR) is 49.5 cm³/mol. The van der Waals surface area contributed by atoms with Crippen molar-refractivity contribution < 1.29 is 19.1 Å². The van der Waals surface area contributed by atoms with Crippen LogP contribution in [0.15, 0.2) is 28.8 Å². The Kier molecular flexibility index (Phi) is 2.39. The monoisotopic (exact) mass is 209 g/mol. The normalized spacial score (nSPS) is 10.5. The average Bonchev–Trinajstić information content (AvgIpc) is 2.66. The van der Waals surface area contributed by atoms with Crippen molar-refractivity contribution in [3.63, 3.8) is 0 Å². The van der Waals surface area contributed by atoms with Crippen LogP contribution in [0.5, 0.6) is 5.75 Å². The van der Waals surface area contributed by atoms with Crippen molar-refractivity contribution in [2.75, 3.05) is 0 Å². The van der Waals surface area contributed by atoms with E-state index in [-0.39, 0.29) is 23.7 Å². The summed E-state index contributed by atoms with van der Waals surface area (Å²) in [6, 6.07) is 5.15. The fourth-order valence-electron chi connectivity index (χ4n) is 1.22. The smallest absolute Gasteiger partial charge is 0.170 e. The van der Waals surface area contributed by atoms with Crippen LogP contribution in [0, 0.1) is 5.82 Å². The largest absolute Gasteiger partial charge is 0.508 e. The second-order valence-corrected chi connectivity index (χ2v) is 3.00. The maximum absolute atomic E-state index is 13.3. The van der Waals surface area contributed by atoms with E-state index in [1.165, 1.54) is 18.2 Å². The number of aromatic nitrogens is 1. The van der Waals surface area contributed by atoms with Gasteiger partial charge in [0.05, 0.1) is 12.2 Å². The summed E-state index contributed by atoms with van der Waals surface area (Å²) in [7, 11) is 0. The Morgan fingerprint density at radius 3 is 2.73 bits per heavy atom. The number of hydrogen-bond acceptors (Lipinski definition) is 4. The molecule has 0 saturated heterocycles. The summed E-state index contributed by atoms with van der Waals surface area (Å²) in [5.41, 5.74) is 0.525. The number of phenols is 1. The van der Waals surface area contributed by atoms with Crippen LogP contribution in [0.4, 0.5) is 4.39 Å². The summed E-state index contributed by atoms with van der Waals surface area (Å²) in [4.78, 5) is 0. The van der Waals surface area contributed by atoms with Crippen LogP contribution in [-0.4, -0.2) is 15.4 Å². The quantitative estimate of drug-likeness (QED) is 0.789. The van der Waals surface area contributed by atoms with E-state index in [0.717, 1.165) is 6.07 Å². The second kappa shape index (κ2) is 3.70. The van der Waals surface area contributed by atoms with Gasteiger partial charge in [0.1, 0.15) is 17.3 Å². The first-order chi connectivity index (χ1) is 7.20. The van der Waals surface area contributed by atoms with Gasteiger partial charge in [0, 0.05) is 12.1 Å². The number of aromatic hydroxyl groups is 1. The van der Waals surface area contributed by atoms with Crippen LogP contribution in [0.3, 0.4) is 0 Å². The molecule has 4 nitrogen and oxygen atoms in total. The lowest BCUT2D eigenvalue weighted by Gasteiger charge is -1.98. The zero-order valence-electron chi connectivity index (χ0n) is 7.64. The third-order valence-electron chi connectivity index (χ3n) is 1.94. The van der Waals surface area contributed by atoms with Crippen molar-refractivity contribution in [1.29, 1.82) is 0 Å². The van der Waals surface area contributed by atoms with Crippen LogP contribution in [-0.2, 0) is 6.61 Å². The van der Waals surface area contributed by atoms with E-state index in [2.05, 4.69) is 5.16 Å². The number of hydrogen-bond donors (Lipinski definition) is 2. The first-order valence-corrected chi connectivity index (χ1v) is 4.26. The number of nitrogens with zero attached hydrogens (tertiary/aromatic N) is 1. The Morgan fingerprint density at radius 1 is 1.33 bits per heavy atom. The molecule has 0 saturated carbocycles. The highest BCUT2D eigenvalue weighted by molar-refractivity contribution is 5.59. The Balaban J connectivity index is 2.44. The summed E-state index contributed by atoms with van der Waals surface area (Å²) >= 11 is 0. The second-order valence-electron chi connectivity index (χ2n) is 3.00. The molecule has 0 aliphatic carbocycles. The molecule has 0 atom stereocenters. The first kappa shape index (κ1) is 9.67. The minimum atomic E-state index is -0.601. The van der Waals surface area contributed by atoms with Gasteiger partial charge in [-0.3, -0.25) is 0 Å². The third kappa shape index (κ3) is 1.82. The molecular formula is C10H8FNO3. The molecule has 2 rings (SSSR count). The standard InChI is InChI=1S/C10H8FNO3/c11-9-4-7(14)1-2-8(9)10-3-6(5-13)12-15-10/h1-4,13-14H,5H2. The highest BCUT2D eigenvalue weighted by Crippen LogP contribution is 2.26. The molecule has 5 heteroatoms. The molecule has 2 aromatic rings. The number of benzene rings is 1. The fraction of sp³-hybridized carbons (Fsp3) is 0.100. The number of phenolic OH excluding ortho intramolecular Hbond substituents is 1. The van der Waals surface area contributed by atoms with Crippen molar-refractivity contribution in [1.82, 2.24) is 5.16 Å². The number of rotatable bonds is 2. The summed E-state index contributed by atoms with van der Waals surface area (Å²) in [6.45, 7) is -0.261. The molecule has 78 valence electrons. The maximum Gasteiger partial charge on any atom is 0.170 e. The molecule has 2 N–H and O–H groups in total. The van der Waals surface area contributed by atoms with E-state index in [0.29, 0.717) is 5.69 Å². The topological polar surface area (TPSA) is 66.5 Å². The Hall–Kier alpha value is -1.88. The number of aliphatic hydroxyl groups is 1. The molecule has 1 aromatic heterocycles. The van der Waals surface area contributed by atoms with Gasteiger partial charge in [0.25, 0.3) is 0 Å². The molecule has 0 fully saturated rings. The Morgan fingerprint density at radius 2 is 2.13 bits per heavy atom. The zero-order chi connectivity index (χ0) is 10.8. The molecule has 0 aliphatic rings. The van der Waals surface area contributed by atoms with E-state index in [1.54, 1.807) is 0 Å². The van der Waals surface area contributed by atoms with Crippen molar-refractivity contribution >= 4 is 0 Å². The molecule has 0 bridgehead atoms. The average molecular weight is 209 g/mol. The lowest BCUT2D eigenvalue weighted by atomic mass is 10.1. The summed E-state index contributed by atoms with van der Waals surface area (Å²) in [6.07, 6.45) is 0. The van der Waals surface area contributed by atoms with Crippen LogP contribution in [0.1, 0.15) is 5.69 Å². The van der Waals surface area contributed by atoms with Gasteiger partial charge in [0.15, 0.2) is 5.76 Å². The van der Waals surface area contributed by atoms with Gasteiger partial charge >= 0.3 is 0 Å². The zero-order valence-corrected chi connectivity index (χ0v) is 7.64. The van der Waals surface area contributed by atoms with Gasteiger partial charge in [-0.1, -0.05) is 5.16 Å². The van der Waals surface area contributed by atoms with Gasteiger partial charge in [-0.05, 0) is 12.1 Å². The maximum atomic E-state index is 13.3. The molecule has 0 aliphatic heterocycles. The number of aliphatic hydroxyl groups excluding tert-OH is 1. The highest BCUT2D eigenvalue weighted by Gasteiger charge is 2.11. The Labute approximate surface area is 84.6 Å². The highest BCUT2D eigenvalue weighted by atomic mass is 19.1. The molecule has 1 aromatic carbocycles. The number of halogens is 1. The van der Waals surface area contributed by atoms with Gasteiger partial charge in [-0.25, -0.2) is 4.39 Å². The van der Waals surface area contributed by atoms with Gasteiger partial charge < -0.3 is 14.7 Å². The molecular weight excluding hydrogens is 201 g/mol. The third-order valence-corrected chi connectivity index (χ3v) is 1.94. The minimum absolute atomic E-state index is 0.154. The van der Waals surface area contributed by atoms with Gasteiger partial charge in [-0.2, -0.15) is 0 Å². The van der Waals surface area contributed by atoms with Gasteiger partial charge in [0.2, 0.25) is 0 Å². The van der Waals surface area contributed by atoms with Gasteiger partial charge in [-0.15, -0.1) is 0 Å². The van der Waals surface area contributed by atoms with Crippen molar-refractivity contribution in [3.05, 3.63) is 35.8 Å². The molecule has 1 heterocycles. The summed E-state index contributed by atoms with van der Waals surface area (Å²) in [5, 5.41) is 21.3.